The Labute approximate surface area is 163 Å². The molecule has 6 nitrogen and oxygen atoms in total. The first-order chi connectivity index (χ1) is 13.5. The van der Waals surface area contributed by atoms with E-state index in [1.807, 2.05) is 74.0 Å². The van der Waals surface area contributed by atoms with E-state index in [-0.39, 0.29) is 11.9 Å². The predicted molar refractivity (Wildman–Crippen MR) is 110 cm³/mol. The van der Waals surface area contributed by atoms with Crippen molar-refractivity contribution < 1.29 is 4.79 Å². The second-order valence-corrected chi connectivity index (χ2v) is 7.01. The fourth-order valence-electron chi connectivity index (χ4n) is 3.13. The van der Waals surface area contributed by atoms with E-state index < -0.39 is 0 Å². The zero-order chi connectivity index (χ0) is 19.7. The van der Waals surface area contributed by atoms with Crippen LogP contribution in [-0.2, 0) is 0 Å². The third-order valence-corrected chi connectivity index (χ3v) is 4.53. The van der Waals surface area contributed by atoms with E-state index in [0.717, 1.165) is 22.2 Å². The van der Waals surface area contributed by atoms with Crippen LogP contribution in [0.5, 0.6) is 0 Å². The number of rotatable bonds is 4. The minimum Gasteiger partial charge on any atom is -0.307 e. The van der Waals surface area contributed by atoms with Gasteiger partial charge in [-0.15, -0.1) is 0 Å². The standard InChI is InChI=1S/C22H21N5O/c1-14(2)27-21-18(13-24-27)17(12-19(25-21)16-7-5-4-6-8-16)22(28)26-20-11-15(3)9-10-23-20/h4-14H,1-3H3,(H,23,26,28). The molecular weight excluding hydrogens is 350 g/mol. The van der Waals surface area contributed by atoms with Crippen LogP contribution in [0.25, 0.3) is 22.3 Å². The van der Waals surface area contributed by atoms with Crippen molar-refractivity contribution in [1.29, 1.82) is 0 Å². The van der Waals surface area contributed by atoms with Crippen LogP contribution in [0.2, 0.25) is 0 Å². The van der Waals surface area contributed by atoms with Gasteiger partial charge in [-0.3, -0.25) is 4.79 Å². The van der Waals surface area contributed by atoms with Crippen LogP contribution in [0.3, 0.4) is 0 Å². The van der Waals surface area contributed by atoms with E-state index in [4.69, 9.17) is 4.98 Å². The maximum Gasteiger partial charge on any atom is 0.257 e. The number of hydrogen-bond donors (Lipinski definition) is 1. The number of nitrogens with one attached hydrogen (secondary N) is 1. The molecule has 0 atom stereocenters. The van der Waals surface area contributed by atoms with Crippen LogP contribution in [-0.4, -0.2) is 25.7 Å². The quantitative estimate of drug-likeness (QED) is 0.567. The van der Waals surface area contributed by atoms with Crippen molar-refractivity contribution in [1.82, 2.24) is 19.7 Å². The summed E-state index contributed by atoms with van der Waals surface area (Å²) in [6.45, 7) is 6.04. The molecule has 0 spiro atoms. The maximum absolute atomic E-state index is 13.1. The summed E-state index contributed by atoms with van der Waals surface area (Å²) in [6.07, 6.45) is 3.38. The number of nitrogens with zero attached hydrogens (tertiary/aromatic N) is 4. The van der Waals surface area contributed by atoms with Gasteiger partial charge in [-0.2, -0.15) is 5.10 Å². The van der Waals surface area contributed by atoms with E-state index >= 15 is 0 Å². The van der Waals surface area contributed by atoms with Crippen LogP contribution in [0.15, 0.2) is 60.9 Å². The highest BCUT2D eigenvalue weighted by molar-refractivity contribution is 6.12. The molecule has 3 heterocycles. The lowest BCUT2D eigenvalue weighted by Gasteiger charge is -2.11. The summed E-state index contributed by atoms with van der Waals surface area (Å²) in [5.41, 5.74) is 3.93. The number of aromatic nitrogens is 4. The maximum atomic E-state index is 13.1. The molecule has 1 aromatic carbocycles. The van der Waals surface area contributed by atoms with Gasteiger partial charge in [0.05, 0.1) is 22.8 Å². The Balaban J connectivity index is 1.85. The van der Waals surface area contributed by atoms with Crippen molar-refractivity contribution in [3.8, 4) is 11.3 Å². The first-order valence-electron chi connectivity index (χ1n) is 9.20. The zero-order valence-corrected chi connectivity index (χ0v) is 16.0. The highest BCUT2D eigenvalue weighted by atomic mass is 16.1. The lowest BCUT2D eigenvalue weighted by atomic mass is 10.1. The number of amides is 1. The topological polar surface area (TPSA) is 72.7 Å². The van der Waals surface area contributed by atoms with Gasteiger partial charge in [0.15, 0.2) is 5.65 Å². The number of anilines is 1. The van der Waals surface area contributed by atoms with Crippen LogP contribution >= 0.6 is 0 Å². The van der Waals surface area contributed by atoms with Crippen molar-refractivity contribution in [3.63, 3.8) is 0 Å². The molecule has 0 radical (unpaired) electrons. The molecule has 3 aromatic heterocycles. The smallest absolute Gasteiger partial charge is 0.257 e. The van der Waals surface area contributed by atoms with Crippen LogP contribution in [0.1, 0.15) is 35.8 Å². The van der Waals surface area contributed by atoms with E-state index in [2.05, 4.69) is 15.4 Å². The third kappa shape index (κ3) is 3.36. The van der Waals surface area contributed by atoms with Gasteiger partial charge in [0.1, 0.15) is 5.82 Å². The molecule has 0 aliphatic carbocycles. The summed E-state index contributed by atoms with van der Waals surface area (Å²) >= 11 is 0. The summed E-state index contributed by atoms with van der Waals surface area (Å²) in [5.74, 6) is 0.290. The lowest BCUT2D eigenvalue weighted by molar-refractivity contribution is 0.102. The Morgan fingerprint density at radius 3 is 2.61 bits per heavy atom. The van der Waals surface area contributed by atoms with E-state index in [1.165, 1.54) is 0 Å². The first-order valence-corrected chi connectivity index (χ1v) is 9.20. The van der Waals surface area contributed by atoms with Crippen LogP contribution in [0, 0.1) is 6.92 Å². The largest absolute Gasteiger partial charge is 0.307 e. The Morgan fingerprint density at radius 1 is 1.11 bits per heavy atom. The van der Waals surface area contributed by atoms with Gasteiger partial charge in [-0.25, -0.2) is 14.6 Å². The molecule has 28 heavy (non-hydrogen) atoms. The molecule has 4 rings (SSSR count). The van der Waals surface area contributed by atoms with Gasteiger partial charge < -0.3 is 5.32 Å². The number of aryl methyl sites for hydroxylation is 1. The van der Waals surface area contributed by atoms with Gasteiger partial charge in [-0.1, -0.05) is 30.3 Å². The first kappa shape index (κ1) is 17.9. The summed E-state index contributed by atoms with van der Waals surface area (Å²) in [5, 5.41) is 8.07. The van der Waals surface area contributed by atoms with Gasteiger partial charge in [-0.05, 0) is 44.5 Å². The van der Waals surface area contributed by atoms with E-state index in [0.29, 0.717) is 17.0 Å². The average Bonchev–Trinajstić information content (AvgIpc) is 3.12. The van der Waals surface area contributed by atoms with E-state index in [9.17, 15) is 4.79 Å². The molecule has 1 N–H and O–H groups in total. The van der Waals surface area contributed by atoms with E-state index in [1.54, 1.807) is 12.4 Å². The van der Waals surface area contributed by atoms with Gasteiger partial charge in [0.2, 0.25) is 0 Å². The van der Waals surface area contributed by atoms with Gasteiger partial charge in [0, 0.05) is 17.8 Å². The molecule has 0 aliphatic heterocycles. The number of benzene rings is 1. The Kier molecular flexibility index (Phi) is 4.61. The molecule has 0 saturated heterocycles. The number of hydrogen-bond acceptors (Lipinski definition) is 4. The second-order valence-electron chi connectivity index (χ2n) is 7.01. The second kappa shape index (κ2) is 7.23. The average molecular weight is 371 g/mol. The predicted octanol–water partition coefficient (Wildman–Crippen LogP) is 4.63. The minimum atomic E-state index is -0.231. The lowest BCUT2D eigenvalue weighted by Crippen LogP contribution is -2.14. The summed E-state index contributed by atoms with van der Waals surface area (Å²) in [6, 6.07) is 15.5. The fraction of sp³-hybridized carbons (Fsp3) is 0.182. The van der Waals surface area contributed by atoms with Crippen molar-refractivity contribution >= 4 is 22.8 Å². The van der Waals surface area contributed by atoms with Crippen molar-refractivity contribution in [3.05, 3.63) is 72.1 Å². The van der Waals surface area contributed by atoms with Crippen LogP contribution in [0.4, 0.5) is 5.82 Å². The van der Waals surface area contributed by atoms with Gasteiger partial charge >= 0.3 is 0 Å². The fourth-order valence-corrected chi connectivity index (χ4v) is 3.13. The molecule has 0 saturated carbocycles. The molecule has 1 amide bonds. The summed E-state index contributed by atoms with van der Waals surface area (Å²) in [4.78, 5) is 22.1. The molecule has 0 aliphatic rings. The molecular formula is C22H21N5O. The minimum absolute atomic E-state index is 0.130. The normalized spacial score (nSPS) is 11.1. The van der Waals surface area contributed by atoms with Crippen molar-refractivity contribution in [2.75, 3.05) is 5.32 Å². The molecule has 0 unspecified atom stereocenters. The zero-order valence-electron chi connectivity index (χ0n) is 16.0. The summed E-state index contributed by atoms with van der Waals surface area (Å²) in [7, 11) is 0. The van der Waals surface area contributed by atoms with Crippen molar-refractivity contribution in [2.24, 2.45) is 0 Å². The molecule has 6 heteroatoms. The number of carbonyl (C=O) groups is 1. The molecule has 4 aromatic rings. The van der Waals surface area contributed by atoms with Crippen LogP contribution < -0.4 is 5.32 Å². The highest BCUT2D eigenvalue weighted by Crippen LogP contribution is 2.27. The number of fused-ring (bicyclic) bond motifs is 1. The summed E-state index contributed by atoms with van der Waals surface area (Å²) < 4.78 is 1.84. The third-order valence-electron chi connectivity index (χ3n) is 4.53. The number of pyridine rings is 2. The number of carbonyl (C=O) groups excluding carboxylic acids is 1. The van der Waals surface area contributed by atoms with Crippen molar-refractivity contribution in [2.45, 2.75) is 26.8 Å². The molecule has 140 valence electrons. The Bertz CT molecular complexity index is 1150. The monoisotopic (exact) mass is 371 g/mol. The Morgan fingerprint density at radius 2 is 1.89 bits per heavy atom. The molecule has 0 bridgehead atoms. The molecule has 0 fully saturated rings. The Hall–Kier alpha value is -3.54. The SMILES string of the molecule is Cc1ccnc(NC(=O)c2cc(-c3ccccc3)nc3c2cnn3C(C)C)c1. The highest BCUT2D eigenvalue weighted by Gasteiger charge is 2.19. The van der Waals surface area contributed by atoms with Gasteiger partial charge in [0.25, 0.3) is 5.91 Å².